The Kier molecular flexibility index (Phi) is 5.41. The van der Waals surface area contributed by atoms with Crippen LogP contribution >= 0.6 is 0 Å². The molecule has 0 heterocycles. The Morgan fingerprint density at radius 1 is 1.05 bits per heavy atom. The van der Waals surface area contributed by atoms with Crippen LogP contribution in [-0.2, 0) is 6.54 Å². The molecular weight excluding hydrogens is 266 g/mol. The third kappa shape index (κ3) is 5.39. The number of likely N-dealkylation sites (N-methyl/N-ethyl adjacent to an activating group) is 1. The highest BCUT2D eigenvalue weighted by Gasteiger charge is 2.02. The number of hydrogen-bond donors (Lipinski definition) is 0. The van der Waals surface area contributed by atoms with Crippen LogP contribution in [0, 0.1) is 17.3 Å². The van der Waals surface area contributed by atoms with Gasteiger partial charge in [-0.1, -0.05) is 54.3 Å². The van der Waals surface area contributed by atoms with Crippen LogP contribution in [-0.4, -0.2) is 18.5 Å². The zero-order chi connectivity index (χ0) is 16.0. The van der Waals surface area contributed by atoms with Crippen molar-refractivity contribution in [3.63, 3.8) is 0 Å². The lowest BCUT2D eigenvalue weighted by Crippen LogP contribution is -2.17. The van der Waals surface area contributed by atoms with Crippen molar-refractivity contribution in [2.24, 2.45) is 5.41 Å². The number of hydrogen-bond acceptors (Lipinski definition) is 1. The molecule has 0 N–H and O–H groups in total. The molecule has 0 radical (unpaired) electrons. The van der Waals surface area contributed by atoms with Crippen LogP contribution in [0.4, 0.5) is 0 Å². The van der Waals surface area contributed by atoms with Gasteiger partial charge < -0.3 is 0 Å². The first-order valence-corrected chi connectivity index (χ1v) is 7.78. The average molecular weight is 291 g/mol. The number of nitrogens with zero attached hydrogens (tertiary/aromatic N) is 1. The van der Waals surface area contributed by atoms with Gasteiger partial charge in [0.15, 0.2) is 0 Å². The Hall–Kier alpha value is -2.04. The molecule has 2 aromatic rings. The van der Waals surface area contributed by atoms with Gasteiger partial charge in [0.25, 0.3) is 0 Å². The van der Waals surface area contributed by atoms with E-state index in [-0.39, 0.29) is 5.41 Å². The standard InChI is InChI=1S/C21H25N/c1-21(2,3)14-8-5-9-15-22(4)17-18-12-13-19-10-6-7-11-20(19)16-18/h5-7,9-13,16H,15,17H2,1-4H3. The molecule has 22 heavy (non-hydrogen) atoms. The molecule has 0 saturated carbocycles. The lowest BCUT2D eigenvalue weighted by atomic mass is 9.98. The van der Waals surface area contributed by atoms with Crippen LogP contribution in [0.25, 0.3) is 10.8 Å². The Morgan fingerprint density at radius 3 is 2.50 bits per heavy atom. The molecule has 0 amide bonds. The second-order valence-electron chi connectivity index (χ2n) is 6.80. The number of fused-ring (bicyclic) bond motifs is 1. The van der Waals surface area contributed by atoms with E-state index in [4.69, 9.17) is 0 Å². The maximum atomic E-state index is 3.21. The maximum absolute atomic E-state index is 3.21. The smallest absolute Gasteiger partial charge is 0.0234 e. The van der Waals surface area contributed by atoms with Crippen molar-refractivity contribution >= 4 is 10.8 Å². The molecule has 2 rings (SSSR count). The summed E-state index contributed by atoms with van der Waals surface area (Å²) in [5.74, 6) is 6.32. The average Bonchev–Trinajstić information content (AvgIpc) is 2.45. The van der Waals surface area contributed by atoms with E-state index >= 15 is 0 Å². The Balaban J connectivity index is 1.91. The van der Waals surface area contributed by atoms with Gasteiger partial charge in [-0.3, -0.25) is 4.90 Å². The summed E-state index contributed by atoms with van der Waals surface area (Å²) < 4.78 is 0. The van der Waals surface area contributed by atoms with Crippen molar-refractivity contribution in [1.29, 1.82) is 0 Å². The molecule has 0 unspecified atom stereocenters. The van der Waals surface area contributed by atoms with E-state index in [0.717, 1.165) is 13.1 Å². The van der Waals surface area contributed by atoms with E-state index in [0.29, 0.717) is 0 Å². The van der Waals surface area contributed by atoms with E-state index in [1.54, 1.807) is 0 Å². The quantitative estimate of drug-likeness (QED) is 0.726. The summed E-state index contributed by atoms with van der Waals surface area (Å²) in [5.41, 5.74) is 1.41. The molecule has 0 aliphatic heterocycles. The van der Waals surface area contributed by atoms with Crippen LogP contribution in [0.2, 0.25) is 0 Å². The van der Waals surface area contributed by atoms with E-state index in [2.05, 4.69) is 93.1 Å². The number of allylic oxidation sites excluding steroid dienone is 1. The van der Waals surface area contributed by atoms with Gasteiger partial charge in [0.05, 0.1) is 0 Å². The Bertz CT molecular complexity index is 708. The third-order valence-corrected chi connectivity index (χ3v) is 3.33. The summed E-state index contributed by atoms with van der Waals surface area (Å²) in [7, 11) is 2.14. The monoisotopic (exact) mass is 291 g/mol. The molecule has 0 bridgehead atoms. The topological polar surface area (TPSA) is 3.24 Å². The molecule has 0 atom stereocenters. The van der Waals surface area contributed by atoms with E-state index in [1.807, 2.05) is 6.08 Å². The maximum Gasteiger partial charge on any atom is 0.0234 e. The van der Waals surface area contributed by atoms with Gasteiger partial charge in [-0.25, -0.2) is 0 Å². The predicted octanol–water partition coefficient (Wildman–Crippen LogP) is 4.88. The molecule has 0 aromatic heterocycles. The van der Waals surface area contributed by atoms with Crippen LogP contribution < -0.4 is 0 Å². The first kappa shape index (κ1) is 16.3. The normalized spacial score (nSPS) is 11.9. The lowest BCUT2D eigenvalue weighted by Gasteiger charge is -2.14. The van der Waals surface area contributed by atoms with Gasteiger partial charge in [0.2, 0.25) is 0 Å². The predicted molar refractivity (Wildman–Crippen MR) is 96.7 cm³/mol. The zero-order valence-electron chi connectivity index (χ0n) is 14.1. The summed E-state index contributed by atoms with van der Waals surface area (Å²) in [5, 5.41) is 2.60. The fourth-order valence-corrected chi connectivity index (χ4v) is 2.26. The van der Waals surface area contributed by atoms with Gasteiger partial charge in [-0.05, 0) is 56.3 Å². The summed E-state index contributed by atoms with van der Waals surface area (Å²) >= 11 is 0. The molecular formula is C21H25N. The molecule has 1 heteroatoms. The van der Waals surface area contributed by atoms with Crippen molar-refractivity contribution in [2.45, 2.75) is 27.3 Å². The second-order valence-corrected chi connectivity index (χ2v) is 6.80. The highest BCUT2D eigenvalue weighted by molar-refractivity contribution is 5.82. The molecule has 0 spiro atoms. The van der Waals surface area contributed by atoms with Crippen molar-refractivity contribution in [3.05, 3.63) is 60.2 Å². The van der Waals surface area contributed by atoms with Crippen molar-refractivity contribution in [3.8, 4) is 11.8 Å². The fourth-order valence-electron chi connectivity index (χ4n) is 2.26. The highest BCUT2D eigenvalue weighted by atomic mass is 15.1. The minimum absolute atomic E-state index is 0.0708. The van der Waals surface area contributed by atoms with Crippen LogP contribution in [0.3, 0.4) is 0 Å². The minimum atomic E-state index is 0.0708. The SMILES string of the molecule is CN(CC=CC#CC(C)(C)C)Cc1ccc2ccccc2c1. The van der Waals surface area contributed by atoms with Crippen LogP contribution in [0.5, 0.6) is 0 Å². The zero-order valence-corrected chi connectivity index (χ0v) is 14.1. The summed E-state index contributed by atoms with van der Waals surface area (Å²) in [6.07, 6.45) is 4.09. The molecule has 1 nitrogen and oxygen atoms in total. The first-order valence-electron chi connectivity index (χ1n) is 7.78. The molecule has 0 fully saturated rings. The number of rotatable bonds is 4. The highest BCUT2D eigenvalue weighted by Crippen LogP contribution is 2.16. The fraction of sp³-hybridized carbons (Fsp3) is 0.333. The van der Waals surface area contributed by atoms with Gasteiger partial charge in [-0.2, -0.15) is 0 Å². The van der Waals surface area contributed by atoms with Crippen LogP contribution in [0.15, 0.2) is 54.6 Å². The Morgan fingerprint density at radius 2 is 1.77 bits per heavy atom. The molecule has 0 aliphatic rings. The third-order valence-electron chi connectivity index (χ3n) is 3.33. The van der Waals surface area contributed by atoms with E-state index in [9.17, 15) is 0 Å². The van der Waals surface area contributed by atoms with Gasteiger partial charge in [0, 0.05) is 18.5 Å². The number of benzene rings is 2. The van der Waals surface area contributed by atoms with Gasteiger partial charge in [-0.15, -0.1) is 0 Å². The summed E-state index contributed by atoms with van der Waals surface area (Å²) in [6.45, 7) is 8.23. The van der Waals surface area contributed by atoms with Crippen molar-refractivity contribution in [1.82, 2.24) is 4.90 Å². The molecule has 2 aromatic carbocycles. The summed E-state index contributed by atoms with van der Waals surface area (Å²) in [6, 6.07) is 15.2. The Labute approximate surface area is 134 Å². The molecule has 0 aliphatic carbocycles. The van der Waals surface area contributed by atoms with E-state index in [1.165, 1.54) is 16.3 Å². The summed E-state index contributed by atoms with van der Waals surface area (Å²) in [4.78, 5) is 2.29. The molecule has 0 saturated heterocycles. The van der Waals surface area contributed by atoms with E-state index < -0.39 is 0 Å². The van der Waals surface area contributed by atoms with Gasteiger partial charge >= 0.3 is 0 Å². The second kappa shape index (κ2) is 7.29. The lowest BCUT2D eigenvalue weighted by molar-refractivity contribution is 0.363. The van der Waals surface area contributed by atoms with Gasteiger partial charge in [0.1, 0.15) is 0 Å². The minimum Gasteiger partial charge on any atom is -0.298 e. The van der Waals surface area contributed by atoms with Crippen molar-refractivity contribution < 1.29 is 0 Å². The molecule has 114 valence electrons. The van der Waals surface area contributed by atoms with Crippen molar-refractivity contribution in [2.75, 3.05) is 13.6 Å². The first-order chi connectivity index (χ1) is 10.4. The largest absolute Gasteiger partial charge is 0.298 e. The van der Waals surface area contributed by atoms with Crippen LogP contribution in [0.1, 0.15) is 26.3 Å².